The molecule has 0 aromatic carbocycles. The number of carbonyl (C=O) groups excluding carboxylic acids is 2. The van der Waals surface area contributed by atoms with Gasteiger partial charge in [-0.2, -0.15) is 0 Å². The maximum Gasteiger partial charge on any atom is 2.00 e. The number of aliphatic carboxylic acids is 2. The molecule has 11 heavy (non-hydrogen) atoms. The molecule has 2 N–H and O–H groups in total. The minimum absolute atomic E-state index is 0. The fraction of sp³-hybridized carbons (Fsp3) is 0.500. The zero-order valence-electron chi connectivity index (χ0n) is 5.61. The van der Waals surface area contributed by atoms with E-state index in [4.69, 9.17) is 5.73 Å². The van der Waals surface area contributed by atoms with Crippen LogP contribution in [0, 0.1) is 0 Å². The first kappa shape index (κ1) is 17.5. The Morgan fingerprint density at radius 1 is 1.36 bits per heavy atom. The van der Waals surface area contributed by atoms with Gasteiger partial charge in [0.05, 0.1) is 5.97 Å². The topological polar surface area (TPSA) is 106 Å². The normalized spacial score (nSPS) is 10.3. The second kappa shape index (κ2) is 8.55. The molecule has 0 unspecified atom stereocenters. The van der Waals surface area contributed by atoms with Crippen molar-refractivity contribution in [1.29, 1.82) is 0 Å². The predicted molar refractivity (Wildman–Crippen MR) is 35.6 cm³/mol. The van der Waals surface area contributed by atoms with Crippen molar-refractivity contribution in [3.8, 4) is 0 Å². The number of hydrogen-bond donors (Lipinski definition) is 1. The van der Waals surface area contributed by atoms with Gasteiger partial charge in [0.25, 0.3) is 0 Å². The average molecular weight is 208 g/mol. The zero-order valence-corrected chi connectivity index (χ0v) is 8.64. The Balaban J connectivity index is -0.000000320. The van der Waals surface area contributed by atoms with E-state index in [1.54, 1.807) is 0 Å². The molecular weight excluding hydrogens is 202 g/mol. The van der Waals surface area contributed by atoms with Crippen LogP contribution in [0.1, 0.15) is 6.42 Å². The summed E-state index contributed by atoms with van der Waals surface area (Å²) in [7, 11) is 0. The van der Waals surface area contributed by atoms with Crippen LogP contribution in [0.25, 0.3) is 0 Å². The maximum atomic E-state index is 9.71. The van der Waals surface area contributed by atoms with E-state index >= 15 is 0 Å². The van der Waals surface area contributed by atoms with E-state index in [1.807, 2.05) is 0 Å². The summed E-state index contributed by atoms with van der Waals surface area (Å²) in [4.78, 5) is 19.3. The van der Waals surface area contributed by atoms with Crippen LogP contribution in [0.2, 0.25) is 0 Å². The number of carboxylic acid groups (broad SMARTS) is 2. The fourth-order valence-corrected chi connectivity index (χ4v) is 0.263. The van der Waals surface area contributed by atoms with Gasteiger partial charge < -0.3 is 25.5 Å². The molecule has 0 fully saturated rings. The van der Waals surface area contributed by atoms with Crippen LogP contribution in [0.15, 0.2) is 0 Å². The van der Waals surface area contributed by atoms with E-state index in [1.165, 1.54) is 0 Å². The van der Waals surface area contributed by atoms with Crippen LogP contribution in [0.5, 0.6) is 0 Å². The molecule has 0 aliphatic carbocycles. The van der Waals surface area contributed by atoms with Gasteiger partial charge in [-0.05, 0) is 0 Å². The first-order chi connectivity index (χ1) is 4.04. The minimum Gasteiger partial charge on any atom is -0.550 e. The number of carboxylic acids is 2. The quantitative estimate of drug-likeness (QED) is 0.479. The fourth-order valence-electron chi connectivity index (χ4n) is 0.263. The standard InChI is InChI=1S/C4H7NO4.Ca.ClH/c5-2(4(8)9)1-3(6)7;;/h2H,1,5H2,(H,6,7)(H,8,9);;1H/q;+2;/p-2/t2-;;/m0../s1. The van der Waals surface area contributed by atoms with Gasteiger partial charge in [-0.3, -0.25) is 0 Å². The van der Waals surface area contributed by atoms with Crippen molar-refractivity contribution in [3.63, 3.8) is 0 Å². The number of rotatable bonds is 3. The number of halogens is 1. The molecule has 0 radical (unpaired) electrons. The molecule has 0 rings (SSSR count). The molecule has 0 spiro atoms. The smallest absolute Gasteiger partial charge is 0.550 e. The van der Waals surface area contributed by atoms with Crippen molar-refractivity contribution in [2.75, 3.05) is 0 Å². The van der Waals surface area contributed by atoms with Gasteiger partial charge in [0.15, 0.2) is 0 Å². The molecule has 0 aromatic heterocycles. The SMILES string of the molecule is Cl.N[C@@H](CC(=O)[O-])C(=O)[O-].[Ca+2]. The van der Waals surface area contributed by atoms with Gasteiger partial charge in [0.2, 0.25) is 0 Å². The van der Waals surface area contributed by atoms with Gasteiger partial charge >= 0.3 is 37.7 Å². The van der Waals surface area contributed by atoms with Gasteiger partial charge in [-0.25, -0.2) is 0 Å². The van der Waals surface area contributed by atoms with Crippen LogP contribution in [-0.2, 0) is 9.59 Å². The molecule has 0 heterocycles. The Hall–Kier alpha value is 0.450. The molecular formula is C4H6CaClNO4. The van der Waals surface area contributed by atoms with Crippen LogP contribution in [0.4, 0.5) is 0 Å². The van der Waals surface area contributed by atoms with Gasteiger partial charge in [-0.1, -0.05) is 0 Å². The Morgan fingerprint density at radius 3 is 1.82 bits per heavy atom. The van der Waals surface area contributed by atoms with E-state index in [9.17, 15) is 19.8 Å². The Labute approximate surface area is 99.4 Å². The Bertz CT molecular complexity index is 142. The monoisotopic (exact) mass is 207 g/mol. The summed E-state index contributed by atoms with van der Waals surface area (Å²) in [6.07, 6.45) is -0.706. The predicted octanol–water partition coefficient (Wildman–Crippen LogP) is -3.76. The number of hydrogen-bond acceptors (Lipinski definition) is 5. The molecule has 0 saturated carbocycles. The van der Waals surface area contributed by atoms with E-state index in [0.717, 1.165) is 0 Å². The molecule has 5 nitrogen and oxygen atoms in total. The molecule has 0 aliphatic rings. The van der Waals surface area contributed by atoms with E-state index < -0.39 is 24.4 Å². The third kappa shape index (κ3) is 10.4. The van der Waals surface area contributed by atoms with E-state index in [0.29, 0.717) is 0 Å². The summed E-state index contributed by atoms with van der Waals surface area (Å²) in [6, 6.07) is -1.46. The summed E-state index contributed by atoms with van der Waals surface area (Å²) in [5, 5.41) is 19.3. The number of carbonyl (C=O) groups is 2. The molecule has 1 atom stereocenters. The molecule has 7 heteroatoms. The summed E-state index contributed by atoms with van der Waals surface area (Å²) in [5.41, 5.74) is 4.73. The summed E-state index contributed by atoms with van der Waals surface area (Å²) in [6.45, 7) is 0. The third-order valence-corrected chi connectivity index (χ3v) is 0.689. The Kier molecular flexibility index (Phi) is 13.6. The van der Waals surface area contributed by atoms with Crippen molar-refractivity contribution < 1.29 is 19.8 Å². The second-order valence-electron chi connectivity index (χ2n) is 1.50. The van der Waals surface area contributed by atoms with Gasteiger partial charge in [0.1, 0.15) is 0 Å². The van der Waals surface area contributed by atoms with Crippen molar-refractivity contribution in [2.45, 2.75) is 12.5 Å². The van der Waals surface area contributed by atoms with E-state index in [2.05, 4.69) is 0 Å². The van der Waals surface area contributed by atoms with Crippen LogP contribution >= 0.6 is 12.4 Å². The van der Waals surface area contributed by atoms with Crippen LogP contribution in [-0.4, -0.2) is 55.7 Å². The molecule has 0 amide bonds. The molecule has 0 saturated heterocycles. The second-order valence-corrected chi connectivity index (χ2v) is 1.50. The molecule has 0 bridgehead atoms. The van der Waals surface area contributed by atoms with Crippen molar-refractivity contribution in [2.24, 2.45) is 5.73 Å². The summed E-state index contributed by atoms with van der Waals surface area (Å²) >= 11 is 0. The Morgan fingerprint density at radius 2 is 1.73 bits per heavy atom. The first-order valence-corrected chi connectivity index (χ1v) is 2.20. The molecule has 0 aromatic rings. The largest absolute Gasteiger partial charge is 2.00 e. The summed E-state index contributed by atoms with van der Waals surface area (Å²) in [5.74, 6) is -3.08. The van der Waals surface area contributed by atoms with Crippen LogP contribution in [0.3, 0.4) is 0 Å². The van der Waals surface area contributed by atoms with Crippen LogP contribution < -0.4 is 15.9 Å². The van der Waals surface area contributed by atoms with Crippen molar-refractivity contribution in [3.05, 3.63) is 0 Å². The zero-order chi connectivity index (χ0) is 7.44. The number of nitrogens with two attached hydrogens (primary N) is 1. The van der Waals surface area contributed by atoms with Gasteiger partial charge in [-0.15, -0.1) is 12.4 Å². The van der Waals surface area contributed by atoms with E-state index in [-0.39, 0.29) is 50.1 Å². The third-order valence-electron chi connectivity index (χ3n) is 0.689. The summed E-state index contributed by atoms with van der Waals surface area (Å²) < 4.78 is 0. The molecule has 60 valence electrons. The molecule has 0 aliphatic heterocycles. The van der Waals surface area contributed by atoms with Crippen molar-refractivity contribution in [1.82, 2.24) is 0 Å². The van der Waals surface area contributed by atoms with Crippen molar-refractivity contribution >= 4 is 62.1 Å². The average Bonchev–Trinajstić information content (AvgIpc) is 1.63. The minimum atomic E-state index is -1.58. The van der Waals surface area contributed by atoms with Gasteiger partial charge in [0, 0.05) is 18.4 Å². The first-order valence-electron chi connectivity index (χ1n) is 2.20. The maximum absolute atomic E-state index is 9.71.